The third kappa shape index (κ3) is 4.73. The lowest BCUT2D eigenvalue weighted by Crippen LogP contribution is -2.27. The highest BCUT2D eigenvalue weighted by Crippen LogP contribution is 2.40. The Morgan fingerprint density at radius 1 is 1.12 bits per heavy atom. The van der Waals surface area contributed by atoms with Crippen LogP contribution in [0.3, 0.4) is 0 Å². The van der Waals surface area contributed by atoms with Gasteiger partial charge >= 0.3 is 5.97 Å². The number of hydrogen-bond donors (Lipinski definition) is 0. The lowest BCUT2D eigenvalue weighted by molar-refractivity contribution is -0.118. The molecule has 0 unspecified atom stereocenters. The second-order valence-corrected chi connectivity index (χ2v) is 7.66. The Morgan fingerprint density at radius 3 is 2.30 bits per heavy atom. The van der Waals surface area contributed by atoms with Gasteiger partial charge in [-0.25, -0.2) is 4.79 Å². The minimum absolute atomic E-state index is 0.0992. The summed E-state index contributed by atoms with van der Waals surface area (Å²) in [7, 11) is 4.97. The number of Topliss-reactive ketones (excluding diaryl/α,β-unsaturated/α-hetero) is 1. The van der Waals surface area contributed by atoms with Crippen LogP contribution in [-0.2, 0) is 9.53 Å². The summed E-state index contributed by atoms with van der Waals surface area (Å²) in [4.78, 5) is 28.9. The summed E-state index contributed by atoms with van der Waals surface area (Å²) in [6, 6.07) is 12.3. The summed E-state index contributed by atoms with van der Waals surface area (Å²) in [5.74, 6) is -0.363. The van der Waals surface area contributed by atoms with Gasteiger partial charge in [0.05, 0.1) is 35.7 Å². The van der Waals surface area contributed by atoms with E-state index in [1.54, 1.807) is 23.9 Å². The third-order valence-electron chi connectivity index (χ3n) is 5.10. The van der Waals surface area contributed by atoms with Crippen molar-refractivity contribution < 1.29 is 23.8 Å². The molecule has 0 fully saturated rings. The highest BCUT2D eigenvalue weighted by Gasteiger charge is 2.31. The van der Waals surface area contributed by atoms with Crippen LogP contribution in [0, 0.1) is 11.3 Å². The molecule has 33 heavy (non-hydrogen) atoms. The molecule has 0 spiro atoms. The van der Waals surface area contributed by atoms with Crippen molar-refractivity contribution in [2.24, 2.45) is 0 Å². The van der Waals surface area contributed by atoms with E-state index in [9.17, 15) is 14.9 Å². The Morgan fingerprint density at radius 2 is 1.76 bits per heavy atom. The zero-order chi connectivity index (χ0) is 24.1. The van der Waals surface area contributed by atoms with E-state index in [1.807, 2.05) is 37.3 Å². The van der Waals surface area contributed by atoms with Gasteiger partial charge in [0.15, 0.2) is 18.1 Å². The predicted octanol–water partition coefficient (Wildman–Crippen LogP) is 4.18. The lowest BCUT2D eigenvalue weighted by Gasteiger charge is -2.19. The van der Waals surface area contributed by atoms with Gasteiger partial charge in [-0.1, -0.05) is 30.7 Å². The summed E-state index contributed by atoms with van der Waals surface area (Å²) < 4.78 is 16.0. The van der Waals surface area contributed by atoms with Gasteiger partial charge in [0.25, 0.3) is 0 Å². The Hall–Kier alpha value is -3.70. The third-order valence-corrected chi connectivity index (χ3v) is 5.38. The van der Waals surface area contributed by atoms with Crippen molar-refractivity contribution in [1.29, 1.82) is 5.26 Å². The number of carbonyl (C=O) groups is 2. The van der Waals surface area contributed by atoms with Crippen molar-refractivity contribution in [1.82, 2.24) is 0 Å². The Balaban J connectivity index is 1.78. The molecule has 8 nitrogen and oxygen atoms in total. The molecule has 172 valence electrons. The monoisotopic (exact) mass is 469 g/mol. The fourth-order valence-electron chi connectivity index (χ4n) is 3.53. The molecule has 0 amide bonds. The Labute approximate surface area is 197 Å². The van der Waals surface area contributed by atoms with Crippen LogP contribution in [0.2, 0.25) is 5.02 Å². The van der Waals surface area contributed by atoms with E-state index < -0.39 is 18.4 Å². The SMILES string of the molecule is CCCOc1c(Cl)cc(C(=O)OCC(=O)C(C#N)=C2N(C)c3ccccc3N2C)cc1OC. The molecule has 0 aliphatic carbocycles. The highest BCUT2D eigenvalue weighted by atomic mass is 35.5. The molecular formula is C24H24ClN3O5. The van der Waals surface area contributed by atoms with E-state index in [-0.39, 0.29) is 21.9 Å². The summed E-state index contributed by atoms with van der Waals surface area (Å²) >= 11 is 6.25. The van der Waals surface area contributed by atoms with Crippen LogP contribution in [-0.4, -0.2) is 46.2 Å². The average Bonchev–Trinajstić information content (AvgIpc) is 3.07. The number of nitriles is 1. The second kappa shape index (κ2) is 10.3. The first-order valence-corrected chi connectivity index (χ1v) is 10.6. The van der Waals surface area contributed by atoms with E-state index in [4.69, 9.17) is 25.8 Å². The summed E-state index contributed by atoms with van der Waals surface area (Å²) in [5.41, 5.74) is 1.71. The molecular weight excluding hydrogens is 446 g/mol. The molecule has 0 aromatic heterocycles. The van der Waals surface area contributed by atoms with Crippen molar-refractivity contribution in [3.05, 3.63) is 58.4 Å². The molecule has 0 N–H and O–H groups in total. The van der Waals surface area contributed by atoms with Crippen molar-refractivity contribution in [2.75, 3.05) is 44.2 Å². The number of methoxy groups -OCH3 is 1. The van der Waals surface area contributed by atoms with E-state index >= 15 is 0 Å². The van der Waals surface area contributed by atoms with Gasteiger partial charge in [-0.15, -0.1) is 0 Å². The molecule has 1 aliphatic heterocycles. The minimum atomic E-state index is -0.774. The predicted molar refractivity (Wildman–Crippen MR) is 125 cm³/mol. The number of hydrogen-bond acceptors (Lipinski definition) is 8. The quantitative estimate of drug-likeness (QED) is 0.323. The van der Waals surface area contributed by atoms with Crippen LogP contribution in [0.1, 0.15) is 23.7 Å². The maximum Gasteiger partial charge on any atom is 0.338 e. The number of rotatable bonds is 8. The molecule has 0 saturated carbocycles. The first-order valence-electron chi connectivity index (χ1n) is 10.3. The first kappa shape index (κ1) is 24.0. The van der Waals surface area contributed by atoms with Crippen molar-refractivity contribution in [3.8, 4) is 17.6 Å². The number of nitrogens with zero attached hydrogens (tertiary/aromatic N) is 3. The molecule has 3 rings (SSSR count). The van der Waals surface area contributed by atoms with E-state index in [0.29, 0.717) is 18.2 Å². The molecule has 9 heteroatoms. The van der Waals surface area contributed by atoms with Gasteiger partial charge in [0.2, 0.25) is 5.78 Å². The maximum atomic E-state index is 12.8. The van der Waals surface area contributed by atoms with Gasteiger partial charge in [-0.05, 0) is 30.7 Å². The van der Waals surface area contributed by atoms with Crippen LogP contribution in [0.15, 0.2) is 47.8 Å². The summed E-state index contributed by atoms with van der Waals surface area (Å²) in [5, 5.41) is 9.88. The van der Waals surface area contributed by atoms with Gasteiger partial charge in [-0.2, -0.15) is 5.26 Å². The maximum absolute atomic E-state index is 12.8. The van der Waals surface area contributed by atoms with Crippen LogP contribution in [0.25, 0.3) is 0 Å². The van der Waals surface area contributed by atoms with Crippen LogP contribution in [0.5, 0.6) is 11.5 Å². The number of esters is 1. The average molecular weight is 470 g/mol. The van der Waals surface area contributed by atoms with E-state index in [1.165, 1.54) is 19.2 Å². The number of ether oxygens (including phenoxy) is 3. The molecule has 1 aliphatic rings. The first-order chi connectivity index (χ1) is 15.8. The Kier molecular flexibility index (Phi) is 7.46. The minimum Gasteiger partial charge on any atom is -0.493 e. The molecule has 0 atom stereocenters. The zero-order valence-electron chi connectivity index (χ0n) is 18.8. The van der Waals surface area contributed by atoms with Crippen molar-refractivity contribution in [2.45, 2.75) is 13.3 Å². The van der Waals surface area contributed by atoms with Crippen LogP contribution in [0.4, 0.5) is 11.4 Å². The number of ketones is 1. The van der Waals surface area contributed by atoms with Crippen LogP contribution >= 0.6 is 11.6 Å². The highest BCUT2D eigenvalue weighted by molar-refractivity contribution is 6.32. The number of carbonyl (C=O) groups excluding carboxylic acids is 2. The van der Waals surface area contributed by atoms with E-state index in [2.05, 4.69) is 0 Å². The van der Waals surface area contributed by atoms with Gasteiger partial charge in [0, 0.05) is 14.1 Å². The van der Waals surface area contributed by atoms with Crippen molar-refractivity contribution in [3.63, 3.8) is 0 Å². The fourth-order valence-corrected chi connectivity index (χ4v) is 3.79. The number of para-hydroxylation sites is 2. The van der Waals surface area contributed by atoms with Gasteiger partial charge in [0.1, 0.15) is 17.5 Å². The summed E-state index contributed by atoms with van der Waals surface area (Å²) in [6.07, 6.45) is 0.775. The second-order valence-electron chi connectivity index (χ2n) is 7.25. The van der Waals surface area contributed by atoms with Gasteiger partial charge < -0.3 is 24.0 Å². The molecule has 2 aromatic carbocycles. The molecule has 0 saturated heterocycles. The standard InChI is InChI=1S/C24H24ClN3O5/c1-5-10-32-22-17(25)11-15(12-21(22)31-4)24(30)33-14-20(29)16(13-26)23-27(2)18-8-6-7-9-19(18)28(23)3/h6-9,11-12H,5,10,14H2,1-4H3. The summed E-state index contributed by atoms with van der Waals surface area (Å²) in [6.45, 7) is 1.79. The van der Waals surface area contributed by atoms with E-state index in [0.717, 1.165) is 17.8 Å². The van der Waals surface area contributed by atoms with Crippen molar-refractivity contribution >= 4 is 34.7 Å². The lowest BCUT2D eigenvalue weighted by atomic mass is 10.1. The largest absolute Gasteiger partial charge is 0.493 e. The molecule has 0 radical (unpaired) electrons. The van der Waals surface area contributed by atoms with Crippen LogP contribution < -0.4 is 19.3 Å². The number of benzene rings is 2. The number of anilines is 2. The smallest absolute Gasteiger partial charge is 0.338 e. The topological polar surface area (TPSA) is 92.1 Å². The Bertz CT molecular complexity index is 1120. The van der Waals surface area contributed by atoms with Gasteiger partial charge in [-0.3, -0.25) is 4.79 Å². The molecule has 0 bridgehead atoms. The molecule has 1 heterocycles. The fraction of sp³-hybridized carbons (Fsp3) is 0.292. The zero-order valence-corrected chi connectivity index (χ0v) is 19.6. The number of halogens is 1. The molecule has 2 aromatic rings. The normalized spacial score (nSPS) is 12.2. The number of fused-ring (bicyclic) bond motifs is 1.